The summed E-state index contributed by atoms with van der Waals surface area (Å²) in [6, 6.07) is 10.8. The number of fused-ring (bicyclic) bond motifs is 1. The number of hydrogen-bond acceptors (Lipinski definition) is 6. The van der Waals surface area contributed by atoms with Gasteiger partial charge in [-0.05, 0) is 49.9 Å². The zero-order valence-electron chi connectivity index (χ0n) is 18.1. The van der Waals surface area contributed by atoms with Crippen LogP contribution < -0.4 is 5.69 Å². The lowest BCUT2D eigenvalue weighted by Crippen LogP contribution is -2.45. The molecule has 1 atom stereocenters. The van der Waals surface area contributed by atoms with Gasteiger partial charge in [0.2, 0.25) is 11.7 Å². The monoisotopic (exact) mass is 466 g/mol. The highest BCUT2D eigenvalue weighted by atomic mass is 35.5. The lowest BCUT2D eigenvalue weighted by molar-refractivity contribution is -0.135. The van der Waals surface area contributed by atoms with Crippen molar-refractivity contribution in [3.63, 3.8) is 0 Å². The van der Waals surface area contributed by atoms with Crippen molar-refractivity contribution in [1.29, 1.82) is 0 Å². The van der Waals surface area contributed by atoms with E-state index in [4.69, 9.17) is 16.1 Å². The minimum Gasteiger partial charge on any atom is -0.338 e. The maximum atomic E-state index is 13.0. The van der Waals surface area contributed by atoms with Crippen molar-refractivity contribution in [2.75, 3.05) is 6.54 Å². The molecule has 5 rings (SSSR count). The van der Waals surface area contributed by atoms with Gasteiger partial charge in [-0.25, -0.2) is 13.9 Å². The van der Waals surface area contributed by atoms with Gasteiger partial charge in [0, 0.05) is 29.4 Å². The molecule has 1 aliphatic rings. The quantitative estimate of drug-likeness (QED) is 0.445. The van der Waals surface area contributed by atoms with E-state index in [1.54, 1.807) is 36.5 Å². The third-order valence-corrected chi connectivity index (χ3v) is 6.29. The topological polar surface area (TPSA) is 98.5 Å². The van der Waals surface area contributed by atoms with Gasteiger partial charge >= 0.3 is 5.69 Å². The molecule has 0 bridgehead atoms. The number of rotatable bonds is 5. The molecule has 10 heteroatoms. The van der Waals surface area contributed by atoms with Gasteiger partial charge < -0.3 is 9.42 Å². The molecule has 1 fully saturated rings. The zero-order chi connectivity index (χ0) is 22.9. The minimum atomic E-state index is -0.389. The van der Waals surface area contributed by atoms with E-state index in [0.29, 0.717) is 27.6 Å². The Labute approximate surface area is 194 Å². The van der Waals surface area contributed by atoms with Crippen LogP contribution in [0.1, 0.15) is 32.6 Å². The van der Waals surface area contributed by atoms with Gasteiger partial charge in [-0.1, -0.05) is 35.8 Å². The first-order valence-corrected chi connectivity index (χ1v) is 11.4. The first kappa shape index (κ1) is 21.4. The first-order valence-electron chi connectivity index (χ1n) is 11.0. The summed E-state index contributed by atoms with van der Waals surface area (Å²) in [7, 11) is 0. The van der Waals surface area contributed by atoms with Gasteiger partial charge in [0.15, 0.2) is 5.65 Å². The maximum absolute atomic E-state index is 13.0. The second-order valence-electron chi connectivity index (χ2n) is 8.13. The molecule has 9 nitrogen and oxygen atoms in total. The Balaban J connectivity index is 1.47. The molecule has 1 aromatic carbocycles. The number of piperidine rings is 1. The smallest absolute Gasteiger partial charge is 0.338 e. The number of amides is 1. The number of benzene rings is 1. The third kappa shape index (κ3) is 4.04. The molecule has 3 aromatic heterocycles. The second kappa shape index (κ2) is 8.82. The molecule has 1 aliphatic heterocycles. The Morgan fingerprint density at radius 2 is 2.12 bits per heavy atom. The van der Waals surface area contributed by atoms with E-state index in [2.05, 4.69) is 22.2 Å². The molecular weight excluding hydrogens is 444 g/mol. The van der Waals surface area contributed by atoms with Crippen LogP contribution in [0, 0.1) is 0 Å². The SMILES string of the molecule is CC[C@@H]1CCCCN1C(=O)Cn1nc2c(-c3nc(-c4cccc(Cl)c4)no3)cccn2c1=O. The van der Waals surface area contributed by atoms with Crippen LogP contribution in [0.15, 0.2) is 51.9 Å². The molecule has 4 aromatic rings. The summed E-state index contributed by atoms with van der Waals surface area (Å²) in [6.45, 7) is 2.70. The van der Waals surface area contributed by atoms with Crippen molar-refractivity contribution < 1.29 is 9.32 Å². The highest BCUT2D eigenvalue weighted by molar-refractivity contribution is 6.30. The van der Waals surface area contributed by atoms with E-state index in [0.717, 1.165) is 32.2 Å². The van der Waals surface area contributed by atoms with Crippen molar-refractivity contribution >= 4 is 23.2 Å². The third-order valence-electron chi connectivity index (χ3n) is 6.05. The Hall–Kier alpha value is -3.46. The Morgan fingerprint density at radius 3 is 2.94 bits per heavy atom. The molecule has 0 unspecified atom stereocenters. The van der Waals surface area contributed by atoms with Crippen LogP contribution >= 0.6 is 11.6 Å². The van der Waals surface area contributed by atoms with Gasteiger partial charge in [-0.2, -0.15) is 4.98 Å². The van der Waals surface area contributed by atoms with Gasteiger partial charge in [0.1, 0.15) is 6.54 Å². The lowest BCUT2D eigenvalue weighted by Gasteiger charge is -2.35. The summed E-state index contributed by atoms with van der Waals surface area (Å²) in [4.78, 5) is 32.3. The van der Waals surface area contributed by atoms with Crippen LogP contribution in [-0.4, -0.2) is 47.7 Å². The number of nitrogens with zero attached hydrogens (tertiary/aromatic N) is 6. The van der Waals surface area contributed by atoms with E-state index < -0.39 is 0 Å². The summed E-state index contributed by atoms with van der Waals surface area (Å²) in [5, 5.41) is 9.05. The standard InChI is InChI=1S/C23H23ClN6O3/c1-2-17-9-3-4-11-28(17)19(31)14-30-23(32)29-12-6-10-18(21(29)26-30)22-25-20(27-33-22)15-7-5-8-16(24)13-15/h5-8,10,12-13,17H,2-4,9,11,14H2,1H3/t17-/m1/s1. The van der Waals surface area contributed by atoms with Crippen molar-refractivity contribution in [1.82, 2.24) is 29.2 Å². The molecule has 0 radical (unpaired) electrons. The van der Waals surface area contributed by atoms with Crippen LogP contribution in [0.2, 0.25) is 5.02 Å². The fourth-order valence-corrected chi connectivity index (χ4v) is 4.55. The van der Waals surface area contributed by atoms with Crippen LogP contribution in [0.4, 0.5) is 0 Å². The Kier molecular flexibility index (Phi) is 5.72. The molecule has 0 N–H and O–H groups in total. The summed E-state index contributed by atoms with van der Waals surface area (Å²) >= 11 is 6.06. The highest BCUT2D eigenvalue weighted by Gasteiger charge is 2.26. The molecule has 0 aliphatic carbocycles. The molecule has 0 spiro atoms. The summed E-state index contributed by atoms with van der Waals surface area (Å²) in [6.07, 6.45) is 5.62. The summed E-state index contributed by atoms with van der Waals surface area (Å²) in [5.41, 5.74) is 1.18. The molecule has 0 saturated carbocycles. The number of halogens is 1. The Bertz CT molecular complexity index is 1370. The normalized spacial score (nSPS) is 16.4. The van der Waals surface area contributed by atoms with E-state index in [1.165, 1.54) is 9.08 Å². The van der Waals surface area contributed by atoms with E-state index in [9.17, 15) is 9.59 Å². The van der Waals surface area contributed by atoms with E-state index in [-0.39, 0.29) is 30.1 Å². The van der Waals surface area contributed by atoms with Gasteiger partial charge in [-0.3, -0.25) is 4.79 Å². The highest BCUT2D eigenvalue weighted by Crippen LogP contribution is 2.26. The fourth-order valence-electron chi connectivity index (χ4n) is 4.36. The van der Waals surface area contributed by atoms with Crippen molar-refractivity contribution in [2.45, 2.75) is 45.2 Å². The second-order valence-corrected chi connectivity index (χ2v) is 8.57. The number of carbonyl (C=O) groups excluding carboxylic acids is 1. The average Bonchev–Trinajstić information content (AvgIpc) is 3.44. The largest absolute Gasteiger partial charge is 0.350 e. The molecule has 33 heavy (non-hydrogen) atoms. The van der Waals surface area contributed by atoms with Gasteiger partial charge in [0.25, 0.3) is 5.89 Å². The number of aromatic nitrogens is 5. The predicted octanol–water partition coefficient (Wildman–Crippen LogP) is 3.66. The minimum absolute atomic E-state index is 0.0883. The van der Waals surface area contributed by atoms with Crippen molar-refractivity contribution in [3.8, 4) is 22.8 Å². The van der Waals surface area contributed by atoms with Crippen LogP contribution in [0.5, 0.6) is 0 Å². The average molecular weight is 467 g/mol. The molecule has 1 saturated heterocycles. The number of pyridine rings is 1. The van der Waals surface area contributed by atoms with Crippen molar-refractivity contribution in [2.24, 2.45) is 0 Å². The molecule has 4 heterocycles. The van der Waals surface area contributed by atoms with E-state index >= 15 is 0 Å². The molecular formula is C23H23ClN6O3. The predicted molar refractivity (Wildman–Crippen MR) is 123 cm³/mol. The van der Waals surface area contributed by atoms with Gasteiger partial charge in [0.05, 0.1) is 5.56 Å². The van der Waals surface area contributed by atoms with Crippen LogP contribution in [0.3, 0.4) is 0 Å². The van der Waals surface area contributed by atoms with Crippen molar-refractivity contribution in [3.05, 3.63) is 58.1 Å². The first-order chi connectivity index (χ1) is 16.0. The fraction of sp³-hybridized carbons (Fsp3) is 0.348. The maximum Gasteiger partial charge on any atom is 0.350 e. The lowest BCUT2D eigenvalue weighted by atomic mass is 10.00. The summed E-state index contributed by atoms with van der Waals surface area (Å²) in [5.74, 6) is 0.512. The summed E-state index contributed by atoms with van der Waals surface area (Å²) < 4.78 is 8.06. The number of likely N-dealkylation sites (tertiary alicyclic amines) is 1. The molecule has 170 valence electrons. The number of carbonyl (C=O) groups is 1. The van der Waals surface area contributed by atoms with Crippen LogP contribution in [0.25, 0.3) is 28.5 Å². The van der Waals surface area contributed by atoms with E-state index in [1.807, 2.05) is 11.0 Å². The molecule has 1 amide bonds. The zero-order valence-corrected chi connectivity index (χ0v) is 18.9. The number of hydrogen-bond donors (Lipinski definition) is 0. The Morgan fingerprint density at radius 1 is 1.24 bits per heavy atom. The van der Waals surface area contributed by atoms with Crippen LogP contribution in [-0.2, 0) is 11.3 Å². The van der Waals surface area contributed by atoms with Gasteiger partial charge in [-0.15, -0.1) is 5.10 Å².